The highest BCUT2D eigenvalue weighted by Crippen LogP contribution is 2.11. The largest absolute Gasteiger partial charge is 0.478 e. The number of aliphatic carboxylic acids is 1. The van der Waals surface area contributed by atoms with Crippen molar-refractivity contribution in [2.75, 3.05) is 0 Å². The van der Waals surface area contributed by atoms with Crippen LogP contribution in [0.5, 0.6) is 0 Å². The minimum Gasteiger partial charge on any atom is -0.478 e. The van der Waals surface area contributed by atoms with Crippen molar-refractivity contribution in [2.45, 2.75) is 6.54 Å². The molecule has 1 aromatic rings. The summed E-state index contributed by atoms with van der Waals surface area (Å²) in [7, 11) is 0. The molecule has 0 aromatic heterocycles. The van der Waals surface area contributed by atoms with Gasteiger partial charge in [0.2, 0.25) is 0 Å². The van der Waals surface area contributed by atoms with Gasteiger partial charge in [-0.15, -0.1) is 0 Å². The average Bonchev–Trinajstić information content (AvgIpc) is 2.26. The Kier molecular flexibility index (Phi) is 4.21. The molecule has 0 saturated heterocycles. The highest BCUT2D eigenvalue weighted by molar-refractivity contribution is 5.85. The van der Waals surface area contributed by atoms with Crippen molar-refractivity contribution >= 4 is 18.1 Å². The van der Waals surface area contributed by atoms with E-state index in [-0.39, 0.29) is 12.1 Å². The quantitative estimate of drug-likeness (QED) is 0.685. The van der Waals surface area contributed by atoms with Crippen molar-refractivity contribution in [1.82, 2.24) is 5.32 Å². The van der Waals surface area contributed by atoms with Crippen LogP contribution in [-0.2, 0) is 11.3 Å². The van der Waals surface area contributed by atoms with Crippen molar-refractivity contribution in [3.63, 3.8) is 0 Å². The normalized spacial score (nSPS) is 10.4. The number of rotatable bonds is 4. The molecule has 0 fully saturated rings. The summed E-state index contributed by atoms with van der Waals surface area (Å²) >= 11 is 0. The monoisotopic (exact) mass is 238 g/mol. The van der Waals surface area contributed by atoms with Crippen LogP contribution in [0.3, 0.4) is 0 Å². The van der Waals surface area contributed by atoms with Crippen LogP contribution in [0.2, 0.25) is 0 Å². The fourth-order valence-electron chi connectivity index (χ4n) is 1.18. The fraction of sp³-hybridized carbons (Fsp3) is 0.0909. The Morgan fingerprint density at radius 1 is 1.47 bits per heavy atom. The van der Waals surface area contributed by atoms with Crippen molar-refractivity contribution in [3.05, 3.63) is 41.2 Å². The molecule has 5 nitrogen and oxygen atoms in total. The van der Waals surface area contributed by atoms with E-state index in [0.717, 1.165) is 6.08 Å². The molecule has 0 spiro atoms. The molecular weight excluding hydrogens is 227 g/mol. The Morgan fingerprint density at radius 2 is 2.18 bits per heavy atom. The van der Waals surface area contributed by atoms with Crippen LogP contribution in [0, 0.1) is 5.82 Å². The first-order valence-corrected chi connectivity index (χ1v) is 4.72. The standard InChI is InChI=1S/C11H11FN2O3/c12-9-3-1-7(2-4-10(15)16)5-8(9)6-14-11(13)17/h1-5H,6H2,(H,15,16)(H3,13,14,17)/b4-2+. The van der Waals surface area contributed by atoms with Crippen LogP contribution >= 0.6 is 0 Å². The number of carbonyl (C=O) groups is 2. The van der Waals surface area contributed by atoms with Crippen LogP contribution < -0.4 is 11.1 Å². The second kappa shape index (κ2) is 5.64. The summed E-state index contributed by atoms with van der Waals surface area (Å²) in [6, 6.07) is 3.31. The second-order valence-electron chi connectivity index (χ2n) is 3.24. The van der Waals surface area contributed by atoms with Crippen molar-refractivity contribution < 1.29 is 19.1 Å². The van der Waals surface area contributed by atoms with E-state index < -0.39 is 17.8 Å². The molecule has 2 amide bonds. The molecule has 0 aliphatic heterocycles. The van der Waals surface area contributed by atoms with Gasteiger partial charge in [-0.05, 0) is 23.8 Å². The number of nitrogens with one attached hydrogen (secondary N) is 1. The molecule has 0 aliphatic rings. The summed E-state index contributed by atoms with van der Waals surface area (Å²) in [5.74, 6) is -1.59. The fourth-order valence-corrected chi connectivity index (χ4v) is 1.18. The number of halogens is 1. The van der Waals surface area contributed by atoms with Gasteiger partial charge in [-0.1, -0.05) is 6.07 Å². The average molecular weight is 238 g/mol. The predicted molar refractivity (Wildman–Crippen MR) is 59.5 cm³/mol. The molecule has 0 aliphatic carbocycles. The number of carboxylic acid groups (broad SMARTS) is 1. The molecule has 1 rings (SSSR count). The first kappa shape index (κ1) is 12.7. The van der Waals surface area contributed by atoms with Crippen molar-refractivity contribution in [2.24, 2.45) is 5.73 Å². The molecule has 0 atom stereocenters. The summed E-state index contributed by atoms with van der Waals surface area (Å²) < 4.78 is 13.3. The van der Waals surface area contributed by atoms with E-state index in [2.05, 4.69) is 5.32 Å². The number of nitrogens with two attached hydrogens (primary N) is 1. The molecule has 0 bridgehead atoms. The first-order valence-electron chi connectivity index (χ1n) is 4.72. The number of carbonyl (C=O) groups excluding carboxylic acids is 1. The minimum atomic E-state index is -1.09. The third-order valence-electron chi connectivity index (χ3n) is 1.94. The van der Waals surface area contributed by atoms with E-state index >= 15 is 0 Å². The van der Waals surface area contributed by atoms with Crippen molar-refractivity contribution in [3.8, 4) is 0 Å². The Bertz CT molecular complexity index is 472. The Balaban J connectivity index is 2.86. The van der Waals surface area contributed by atoms with E-state index in [1.807, 2.05) is 0 Å². The topological polar surface area (TPSA) is 92.4 Å². The molecule has 0 saturated carbocycles. The number of primary amides is 1. The lowest BCUT2D eigenvalue weighted by molar-refractivity contribution is -0.131. The van der Waals surface area contributed by atoms with E-state index in [4.69, 9.17) is 10.8 Å². The maximum Gasteiger partial charge on any atom is 0.328 e. The van der Waals surface area contributed by atoms with E-state index in [9.17, 15) is 14.0 Å². The SMILES string of the molecule is NC(=O)NCc1cc(/C=C/C(=O)O)ccc1F. The Hall–Kier alpha value is -2.37. The summed E-state index contributed by atoms with van der Waals surface area (Å²) in [5, 5.41) is 10.7. The molecule has 6 heteroatoms. The van der Waals surface area contributed by atoms with Gasteiger partial charge in [0.25, 0.3) is 0 Å². The molecule has 0 heterocycles. The highest BCUT2D eigenvalue weighted by Gasteiger charge is 2.03. The van der Waals surface area contributed by atoms with Crippen LogP contribution in [0.15, 0.2) is 24.3 Å². The van der Waals surface area contributed by atoms with Gasteiger partial charge in [-0.2, -0.15) is 0 Å². The molecule has 0 radical (unpaired) electrons. The number of benzene rings is 1. The highest BCUT2D eigenvalue weighted by atomic mass is 19.1. The zero-order valence-corrected chi connectivity index (χ0v) is 8.81. The lowest BCUT2D eigenvalue weighted by Crippen LogP contribution is -2.29. The zero-order valence-electron chi connectivity index (χ0n) is 8.81. The van der Waals surface area contributed by atoms with Gasteiger partial charge in [-0.3, -0.25) is 0 Å². The first-order chi connectivity index (χ1) is 7.99. The second-order valence-corrected chi connectivity index (χ2v) is 3.24. The lowest BCUT2D eigenvalue weighted by Gasteiger charge is -2.04. The van der Waals surface area contributed by atoms with E-state index in [1.165, 1.54) is 24.3 Å². The van der Waals surface area contributed by atoms with Gasteiger partial charge in [0, 0.05) is 18.2 Å². The molecule has 4 N–H and O–H groups in total. The van der Waals surface area contributed by atoms with Gasteiger partial charge in [0.1, 0.15) is 5.82 Å². The summed E-state index contributed by atoms with van der Waals surface area (Å²) in [6.07, 6.45) is 2.27. The van der Waals surface area contributed by atoms with Gasteiger partial charge in [0.15, 0.2) is 0 Å². The van der Waals surface area contributed by atoms with Crippen LogP contribution in [0.25, 0.3) is 6.08 Å². The molecule has 0 unspecified atom stereocenters. The van der Waals surface area contributed by atoms with Crippen LogP contribution in [0.4, 0.5) is 9.18 Å². The number of urea groups is 1. The smallest absolute Gasteiger partial charge is 0.328 e. The Morgan fingerprint density at radius 3 is 2.76 bits per heavy atom. The predicted octanol–water partition coefficient (Wildman–Crippen LogP) is 1.09. The molecule has 17 heavy (non-hydrogen) atoms. The number of amides is 2. The zero-order chi connectivity index (χ0) is 12.8. The summed E-state index contributed by atoms with van der Waals surface area (Å²) in [5.41, 5.74) is 5.62. The number of hydrogen-bond acceptors (Lipinski definition) is 2. The van der Waals surface area contributed by atoms with Gasteiger partial charge >= 0.3 is 12.0 Å². The summed E-state index contributed by atoms with van der Waals surface area (Å²) in [4.78, 5) is 20.8. The van der Waals surface area contributed by atoms with Crippen molar-refractivity contribution in [1.29, 1.82) is 0 Å². The maximum absolute atomic E-state index is 13.3. The van der Waals surface area contributed by atoms with Crippen LogP contribution in [0.1, 0.15) is 11.1 Å². The van der Waals surface area contributed by atoms with Gasteiger partial charge in [-0.25, -0.2) is 14.0 Å². The minimum absolute atomic E-state index is 0.0457. The molecular formula is C11H11FN2O3. The van der Waals surface area contributed by atoms with E-state index in [1.54, 1.807) is 0 Å². The number of hydrogen-bond donors (Lipinski definition) is 3. The van der Waals surface area contributed by atoms with Crippen LogP contribution in [-0.4, -0.2) is 17.1 Å². The molecule has 90 valence electrons. The van der Waals surface area contributed by atoms with Gasteiger partial charge in [0.05, 0.1) is 0 Å². The number of carboxylic acids is 1. The molecule has 1 aromatic carbocycles. The lowest BCUT2D eigenvalue weighted by atomic mass is 10.1. The third-order valence-corrected chi connectivity index (χ3v) is 1.94. The van der Waals surface area contributed by atoms with Gasteiger partial charge < -0.3 is 16.2 Å². The maximum atomic E-state index is 13.3. The summed E-state index contributed by atoms with van der Waals surface area (Å²) in [6.45, 7) is -0.0457. The third kappa shape index (κ3) is 4.33. The van der Waals surface area contributed by atoms with E-state index in [0.29, 0.717) is 5.56 Å². The Labute approximate surface area is 96.7 Å².